The van der Waals surface area contributed by atoms with E-state index in [0.29, 0.717) is 11.4 Å². The van der Waals surface area contributed by atoms with Crippen molar-refractivity contribution in [2.24, 2.45) is 0 Å². The Balaban J connectivity index is 1.72. The fourth-order valence-corrected chi connectivity index (χ4v) is 3.41. The number of rotatable bonds is 4. The van der Waals surface area contributed by atoms with Gasteiger partial charge in [-0.25, -0.2) is 13.1 Å². The number of nitrogens with one attached hydrogen (secondary N) is 2. The van der Waals surface area contributed by atoms with Gasteiger partial charge in [0.15, 0.2) is 6.10 Å². The SMILES string of the molecule is Cc1cccc(S(=O)(=O)NCC2Oc3ccccc3NC2=O)c1. The molecule has 120 valence electrons. The molecule has 0 saturated carbocycles. The number of anilines is 1. The average Bonchev–Trinajstić information content (AvgIpc) is 2.53. The van der Waals surface area contributed by atoms with E-state index < -0.39 is 16.1 Å². The van der Waals surface area contributed by atoms with Gasteiger partial charge in [-0.2, -0.15) is 0 Å². The third-order valence-electron chi connectivity index (χ3n) is 3.47. The molecule has 2 N–H and O–H groups in total. The number of ether oxygens (including phenoxy) is 1. The van der Waals surface area contributed by atoms with Crippen molar-refractivity contribution in [3.05, 3.63) is 54.1 Å². The first-order chi connectivity index (χ1) is 11.0. The number of sulfonamides is 1. The molecule has 1 heterocycles. The summed E-state index contributed by atoms with van der Waals surface area (Å²) in [6.07, 6.45) is -0.913. The van der Waals surface area contributed by atoms with Crippen molar-refractivity contribution >= 4 is 21.6 Å². The van der Waals surface area contributed by atoms with Gasteiger partial charge in [0.1, 0.15) is 5.75 Å². The summed E-state index contributed by atoms with van der Waals surface area (Å²) in [4.78, 5) is 12.2. The van der Waals surface area contributed by atoms with Crippen molar-refractivity contribution < 1.29 is 17.9 Å². The minimum Gasteiger partial charge on any atom is -0.477 e. The summed E-state index contributed by atoms with van der Waals surface area (Å²) in [5.74, 6) is 0.141. The Hall–Kier alpha value is -2.38. The molecule has 0 aliphatic carbocycles. The molecule has 2 aromatic carbocycles. The van der Waals surface area contributed by atoms with E-state index in [-0.39, 0.29) is 17.3 Å². The number of hydrogen-bond acceptors (Lipinski definition) is 4. The van der Waals surface area contributed by atoms with Crippen LogP contribution in [0.5, 0.6) is 5.75 Å². The van der Waals surface area contributed by atoms with Gasteiger partial charge in [-0.3, -0.25) is 4.79 Å². The molecular weight excluding hydrogens is 316 g/mol. The second-order valence-corrected chi connectivity index (χ2v) is 7.03. The highest BCUT2D eigenvalue weighted by atomic mass is 32.2. The molecule has 7 heteroatoms. The van der Waals surface area contributed by atoms with Crippen LogP contribution in [0.2, 0.25) is 0 Å². The van der Waals surface area contributed by atoms with Crippen LogP contribution in [-0.2, 0) is 14.8 Å². The van der Waals surface area contributed by atoms with E-state index in [9.17, 15) is 13.2 Å². The van der Waals surface area contributed by atoms with Crippen LogP contribution in [0.25, 0.3) is 0 Å². The molecule has 0 saturated heterocycles. The summed E-state index contributed by atoms with van der Waals surface area (Å²) in [6.45, 7) is 1.67. The summed E-state index contributed by atoms with van der Waals surface area (Å²) in [6, 6.07) is 13.6. The number of para-hydroxylation sites is 2. The number of carbonyl (C=O) groups excluding carboxylic acids is 1. The molecule has 1 aliphatic heterocycles. The quantitative estimate of drug-likeness (QED) is 0.892. The number of fused-ring (bicyclic) bond motifs is 1. The third kappa shape index (κ3) is 3.35. The molecule has 0 fully saturated rings. The maximum absolute atomic E-state index is 12.3. The van der Waals surface area contributed by atoms with Crippen molar-refractivity contribution in [3.63, 3.8) is 0 Å². The molecule has 0 bridgehead atoms. The Bertz CT molecular complexity index is 849. The normalized spacial score (nSPS) is 17.1. The van der Waals surface area contributed by atoms with Crippen LogP contribution in [-0.4, -0.2) is 27.0 Å². The number of hydrogen-bond donors (Lipinski definition) is 2. The predicted molar refractivity (Wildman–Crippen MR) is 85.9 cm³/mol. The molecule has 1 amide bonds. The molecule has 1 aliphatic rings. The van der Waals surface area contributed by atoms with Crippen molar-refractivity contribution in [3.8, 4) is 5.75 Å². The van der Waals surface area contributed by atoms with Gasteiger partial charge in [0.05, 0.1) is 17.1 Å². The van der Waals surface area contributed by atoms with E-state index in [0.717, 1.165) is 5.56 Å². The molecule has 2 aromatic rings. The van der Waals surface area contributed by atoms with E-state index in [2.05, 4.69) is 10.0 Å². The lowest BCUT2D eigenvalue weighted by atomic mass is 10.2. The van der Waals surface area contributed by atoms with E-state index >= 15 is 0 Å². The highest BCUT2D eigenvalue weighted by Gasteiger charge is 2.29. The minimum absolute atomic E-state index is 0.142. The number of aryl methyl sites for hydroxylation is 1. The van der Waals surface area contributed by atoms with E-state index in [1.807, 2.05) is 13.0 Å². The number of carbonyl (C=O) groups is 1. The second-order valence-electron chi connectivity index (χ2n) is 5.26. The molecule has 6 nitrogen and oxygen atoms in total. The predicted octanol–water partition coefficient (Wildman–Crippen LogP) is 1.67. The van der Waals surface area contributed by atoms with Crippen molar-refractivity contribution in [1.82, 2.24) is 4.72 Å². The molecule has 23 heavy (non-hydrogen) atoms. The fraction of sp³-hybridized carbons (Fsp3) is 0.188. The Labute approximate surface area is 134 Å². The standard InChI is InChI=1S/C16H16N2O4S/c1-11-5-4-6-12(9-11)23(20,21)17-10-15-16(19)18-13-7-2-3-8-14(13)22-15/h2-9,15,17H,10H2,1H3,(H,18,19). The third-order valence-corrected chi connectivity index (χ3v) is 4.89. The first-order valence-corrected chi connectivity index (χ1v) is 8.57. The minimum atomic E-state index is -3.69. The van der Waals surface area contributed by atoms with Gasteiger partial charge in [-0.1, -0.05) is 24.3 Å². The zero-order chi connectivity index (χ0) is 16.4. The summed E-state index contributed by atoms with van der Waals surface area (Å²) in [5, 5.41) is 2.70. The Kier molecular flexibility index (Phi) is 4.06. The van der Waals surface area contributed by atoms with Crippen molar-refractivity contribution in [1.29, 1.82) is 0 Å². The lowest BCUT2D eigenvalue weighted by molar-refractivity contribution is -0.123. The lowest BCUT2D eigenvalue weighted by Crippen LogP contribution is -2.45. The molecular formula is C16H16N2O4S. The monoisotopic (exact) mass is 332 g/mol. The van der Waals surface area contributed by atoms with Gasteiger partial charge in [-0.15, -0.1) is 0 Å². The second kappa shape index (κ2) is 6.02. The van der Waals surface area contributed by atoms with Crippen LogP contribution in [0.15, 0.2) is 53.4 Å². The zero-order valence-electron chi connectivity index (χ0n) is 12.4. The highest BCUT2D eigenvalue weighted by molar-refractivity contribution is 7.89. The van der Waals surface area contributed by atoms with E-state index in [1.54, 1.807) is 36.4 Å². The molecule has 0 aromatic heterocycles. The maximum atomic E-state index is 12.3. The van der Waals surface area contributed by atoms with Crippen molar-refractivity contribution in [2.45, 2.75) is 17.9 Å². The van der Waals surface area contributed by atoms with Crippen LogP contribution in [0.4, 0.5) is 5.69 Å². The molecule has 1 unspecified atom stereocenters. The van der Waals surface area contributed by atoms with Gasteiger partial charge in [0, 0.05) is 0 Å². The Morgan fingerprint density at radius 1 is 1.17 bits per heavy atom. The first-order valence-electron chi connectivity index (χ1n) is 7.08. The summed E-state index contributed by atoms with van der Waals surface area (Å²) in [7, 11) is -3.69. The first kappa shape index (κ1) is 15.5. The molecule has 1 atom stereocenters. The van der Waals surface area contributed by atoms with Crippen LogP contribution in [0.1, 0.15) is 5.56 Å². The number of amides is 1. The van der Waals surface area contributed by atoms with Gasteiger partial charge < -0.3 is 10.1 Å². The smallest absolute Gasteiger partial charge is 0.266 e. The summed E-state index contributed by atoms with van der Waals surface area (Å²) >= 11 is 0. The molecule has 0 spiro atoms. The Morgan fingerprint density at radius 2 is 1.96 bits per heavy atom. The largest absolute Gasteiger partial charge is 0.477 e. The number of benzene rings is 2. The van der Waals surface area contributed by atoms with Gasteiger partial charge in [0.2, 0.25) is 10.0 Å². The molecule has 3 rings (SSSR count). The summed E-state index contributed by atoms with van der Waals surface area (Å²) in [5.41, 5.74) is 1.42. The highest BCUT2D eigenvalue weighted by Crippen LogP contribution is 2.28. The lowest BCUT2D eigenvalue weighted by Gasteiger charge is -2.25. The zero-order valence-corrected chi connectivity index (χ0v) is 13.3. The van der Waals surface area contributed by atoms with Gasteiger partial charge >= 0.3 is 0 Å². The average molecular weight is 332 g/mol. The van der Waals surface area contributed by atoms with Crippen molar-refractivity contribution in [2.75, 3.05) is 11.9 Å². The van der Waals surface area contributed by atoms with Crippen LogP contribution in [0, 0.1) is 6.92 Å². The van der Waals surface area contributed by atoms with Gasteiger partial charge in [0.25, 0.3) is 5.91 Å². The van der Waals surface area contributed by atoms with Crippen LogP contribution in [0.3, 0.4) is 0 Å². The Morgan fingerprint density at radius 3 is 2.74 bits per heavy atom. The van der Waals surface area contributed by atoms with E-state index in [4.69, 9.17) is 4.74 Å². The maximum Gasteiger partial charge on any atom is 0.266 e. The van der Waals surface area contributed by atoms with E-state index in [1.165, 1.54) is 6.07 Å². The van der Waals surface area contributed by atoms with Crippen LogP contribution >= 0.6 is 0 Å². The fourth-order valence-electron chi connectivity index (χ4n) is 2.28. The van der Waals surface area contributed by atoms with Gasteiger partial charge in [-0.05, 0) is 36.8 Å². The summed E-state index contributed by atoms with van der Waals surface area (Å²) < 4.78 is 32.5. The van der Waals surface area contributed by atoms with Crippen LogP contribution < -0.4 is 14.8 Å². The topological polar surface area (TPSA) is 84.5 Å². The molecule has 0 radical (unpaired) electrons.